The molecule has 6 nitrogen and oxygen atoms in total. The molecule has 0 unspecified atom stereocenters. The summed E-state index contributed by atoms with van der Waals surface area (Å²) in [6.45, 7) is 1.78. The van der Waals surface area contributed by atoms with Crippen molar-refractivity contribution in [3.8, 4) is 5.75 Å². The average molecular weight is 371 g/mol. The van der Waals surface area contributed by atoms with E-state index in [-0.39, 0.29) is 11.9 Å². The Morgan fingerprint density at radius 1 is 1.30 bits per heavy atom. The highest BCUT2D eigenvalue weighted by Crippen LogP contribution is 2.21. The van der Waals surface area contributed by atoms with Gasteiger partial charge in [-0.1, -0.05) is 23.8 Å². The lowest BCUT2D eigenvalue weighted by Crippen LogP contribution is -2.47. The van der Waals surface area contributed by atoms with Crippen LogP contribution in [0.2, 0.25) is 0 Å². The average Bonchev–Trinajstić information content (AvgIpc) is 3.10. The minimum Gasteiger partial charge on any atom is -0.497 e. The molecule has 1 atom stereocenters. The Balaban J connectivity index is 1.65. The molecule has 2 N–H and O–H groups in total. The lowest BCUT2D eigenvalue weighted by Gasteiger charge is -2.26. The van der Waals surface area contributed by atoms with E-state index in [4.69, 9.17) is 4.74 Å². The molecule has 1 aromatic rings. The van der Waals surface area contributed by atoms with E-state index < -0.39 is 6.04 Å². The third-order valence-corrected chi connectivity index (χ3v) is 5.25. The number of carbonyl (C=O) groups excluding carboxylic acids is 2. The summed E-state index contributed by atoms with van der Waals surface area (Å²) in [5, 5.41) is 5.65. The van der Waals surface area contributed by atoms with E-state index in [0.717, 1.165) is 30.6 Å². The molecule has 0 aromatic heterocycles. The predicted molar refractivity (Wildman–Crippen MR) is 105 cm³/mol. The van der Waals surface area contributed by atoms with Crippen LogP contribution in [0.5, 0.6) is 5.75 Å². The topological polar surface area (TPSA) is 70.7 Å². The van der Waals surface area contributed by atoms with Crippen molar-refractivity contribution in [1.29, 1.82) is 0 Å². The molecule has 1 aliphatic heterocycles. The normalized spacial score (nSPS) is 19.2. The maximum absolute atomic E-state index is 12.8. The molecule has 3 rings (SSSR count). The molecule has 3 amide bonds. The van der Waals surface area contributed by atoms with E-state index in [1.807, 2.05) is 29.2 Å². The van der Waals surface area contributed by atoms with Crippen LogP contribution in [-0.2, 0) is 11.3 Å². The number of methoxy groups -OCH3 is 1. The van der Waals surface area contributed by atoms with Crippen molar-refractivity contribution in [1.82, 2.24) is 15.5 Å². The van der Waals surface area contributed by atoms with Gasteiger partial charge in [-0.3, -0.25) is 4.79 Å². The molecular weight excluding hydrogens is 342 g/mol. The van der Waals surface area contributed by atoms with Crippen LogP contribution in [0.25, 0.3) is 0 Å². The van der Waals surface area contributed by atoms with Crippen molar-refractivity contribution in [3.63, 3.8) is 0 Å². The van der Waals surface area contributed by atoms with Crippen molar-refractivity contribution in [2.75, 3.05) is 20.2 Å². The van der Waals surface area contributed by atoms with Crippen LogP contribution in [-0.4, -0.2) is 43.1 Å². The van der Waals surface area contributed by atoms with Crippen LogP contribution in [0.15, 0.2) is 35.9 Å². The first-order valence-corrected chi connectivity index (χ1v) is 9.79. The monoisotopic (exact) mass is 371 g/mol. The van der Waals surface area contributed by atoms with Gasteiger partial charge in [-0.05, 0) is 56.2 Å². The fourth-order valence-corrected chi connectivity index (χ4v) is 3.59. The van der Waals surface area contributed by atoms with Gasteiger partial charge in [0.15, 0.2) is 0 Å². The standard InChI is InChI=1S/C21H29N3O3/c1-27-18-9-7-17(8-10-18)15-24(14-12-16-5-3-2-4-6-16)21(26)23-19-11-13-22-20(19)25/h5,7-10,19H,2-4,6,11-15H2,1H3,(H,22,25)(H,23,26)/t19-/m0/s1. The summed E-state index contributed by atoms with van der Waals surface area (Å²) in [6.07, 6.45) is 8.62. The van der Waals surface area contributed by atoms with Crippen LogP contribution in [0.1, 0.15) is 44.1 Å². The second kappa shape index (κ2) is 9.44. The first kappa shape index (κ1) is 19.3. The summed E-state index contributed by atoms with van der Waals surface area (Å²) in [5.41, 5.74) is 2.48. The zero-order chi connectivity index (χ0) is 19.1. The second-order valence-electron chi connectivity index (χ2n) is 7.21. The van der Waals surface area contributed by atoms with E-state index in [1.165, 1.54) is 18.4 Å². The lowest BCUT2D eigenvalue weighted by atomic mass is 9.97. The van der Waals surface area contributed by atoms with Crippen LogP contribution in [0.4, 0.5) is 4.79 Å². The Bertz CT molecular complexity index is 684. The number of benzene rings is 1. The molecule has 6 heteroatoms. The summed E-state index contributed by atoms with van der Waals surface area (Å²) in [7, 11) is 1.64. The van der Waals surface area contributed by atoms with Crippen molar-refractivity contribution >= 4 is 11.9 Å². The molecule has 0 spiro atoms. The zero-order valence-corrected chi connectivity index (χ0v) is 16.0. The molecule has 0 radical (unpaired) electrons. The number of hydrogen-bond acceptors (Lipinski definition) is 3. The van der Waals surface area contributed by atoms with Crippen LogP contribution >= 0.6 is 0 Å². The van der Waals surface area contributed by atoms with E-state index in [9.17, 15) is 9.59 Å². The highest BCUT2D eigenvalue weighted by Gasteiger charge is 2.27. The van der Waals surface area contributed by atoms with Gasteiger partial charge in [0.1, 0.15) is 11.8 Å². The van der Waals surface area contributed by atoms with Crippen molar-refractivity contribution in [2.45, 2.75) is 51.1 Å². The molecule has 1 aliphatic carbocycles. The van der Waals surface area contributed by atoms with E-state index >= 15 is 0 Å². The van der Waals surface area contributed by atoms with Crippen molar-refractivity contribution in [2.24, 2.45) is 0 Å². The largest absolute Gasteiger partial charge is 0.497 e. The summed E-state index contributed by atoms with van der Waals surface area (Å²) in [4.78, 5) is 26.4. The molecule has 1 aromatic carbocycles. The number of hydrogen-bond donors (Lipinski definition) is 2. The summed E-state index contributed by atoms with van der Waals surface area (Å²) in [6, 6.07) is 7.15. The highest BCUT2D eigenvalue weighted by molar-refractivity contribution is 5.88. The number of nitrogens with one attached hydrogen (secondary N) is 2. The lowest BCUT2D eigenvalue weighted by molar-refractivity contribution is -0.120. The third-order valence-electron chi connectivity index (χ3n) is 5.25. The summed E-state index contributed by atoms with van der Waals surface area (Å²) in [5.74, 6) is 0.701. The number of amides is 3. The fourth-order valence-electron chi connectivity index (χ4n) is 3.59. The first-order valence-electron chi connectivity index (χ1n) is 9.79. The van der Waals surface area contributed by atoms with Gasteiger partial charge in [-0.2, -0.15) is 0 Å². The molecule has 1 saturated heterocycles. The van der Waals surface area contributed by atoms with Gasteiger partial charge in [-0.25, -0.2) is 4.79 Å². The maximum atomic E-state index is 12.8. The molecule has 0 saturated carbocycles. The molecule has 2 aliphatic rings. The van der Waals surface area contributed by atoms with Gasteiger partial charge >= 0.3 is 6.03 Å². The number of urea groups is 1. The summed E-state index contributed by atoms with van der Waals surface area (Å²) < 4.78 is 5.20. The minimum atomic E-state index is -0.426. The number of rotatable bonds is 7. The van der Waals surface area contributed by atoms with Gasteiger partial charge in [0.25, 0.3) is 0 Å². The third kappa shape index (κ3) is 5.49. The van der Waals surface area contributed by atoms with Gasteiger partial charge in [0.05, 0.1) is 7.11 Å². The number of ether oxygens (including phenoxy) is 1. The van der Waals surface area contributed by atoms with Crippen molar-refractivity contribution in [3.05, 3.63) is 41.5 Å². The van der Waals surface area contributed by atoms with E-state index in [0.29, 0.717) is 26.1 Å². The van der Waals surface area contributed by atoms with E-state index in [2.05, 4.69) is 16.7 Å². The fraction of sp³-hybridized carbons (Fsp3) is 0.524. The molecule has 0 bridgehead atoms. The smallest absolute Gasteiger partial charge is 0.318 e. The molecule has 1 heterocycles. The maximum Gasteiger partial charge on any atom is 0.318 e. The Morgan fingerprint density at radius 2 is 2.11 bits per heavy atom. The van der Waals surface area contributed by atoms with Gasteiger partial charge in [-0.15, -0.1) is 0 Å². The van der Waals surface area contributed by atoms with Gasteiger partial charge in [0, 0.05) is 19.6 Å². The van der Waals surface area contributed by atoms with Gasteiger partial charge < -0.3 is 20.3 Å². The molecule has 1 fully saturated rings. The number of allylic oxidation sites excluding steroid dienone is 1. The highest BCUT2D eigenvalue weighted by atomic mass is 16.5. The van der Waals surface area contributed by atoms with E-state index in [1.54, 1.807) is 7.11 Å². The molecular formula is C21H29N3O3. The molecule has 146 valence electrons. The summed E-state index contributed by atoms with van der Waals surface area (Å²) >= 11 is 0. The quantitative estimate of drug-likeness (QED) is 0.724. The Kier molecular flexibility index (Phi) is 6.74. The van der Waals surface area contributed by atoms with Gasteiger partial charge in [0.2, 0.25) is 5.91 Å². The Labute approximate surface area is 161 Å². The Morgan fingerprint density at radius 3 is 2.74 bits per heavy atom. The predicted octanol–water partition coefficient (Wildman–Crippen LogP) is 2.99. The zero-order valence-electron chi connectivity index (χ0n) is 16.0. The molecule has 27 heavy (non-hydrogen) atoms. The van der Waals surface area contributed by atoms with Crippen LogP contribution in [0, 0.1) is 0 Å². The number of carbonyl (C=O) groups is 2. The Hall–Kier alpha value is -2.50. The van der Waals surface area contributed by atoms with Crippen molar-refractivity contribution < 1.29 is 14.3 Å². The van der Waals surface area contributed by atoms with Crippen LogP contribution < -0.4 is 15.4 Å². The first-order chi connectivity index (χ1) is 13.2. The van der Waals surface area contributed by atoms with Crippen LogP contribution in [0.3, 0.4) is 0 Å². The second-order valence-corrected chi connectivity index (χ2v) is 7.21. The minimum absolute atomic E-state index is 0.0947. The number of nitrogens with zero attached hydrogens (tertiary/aromatic N) is 1. The SMILES string of the molecule is COc1ccc(CN(CCC2=CCCCC2)C(=O)N[C@H]2CCNC2=O)cc1.